The Labute approximate surface area is 372 Å². The highest BCUT2D eigenvalue weighted by molar-refractivity contribution is 9.09. The van der Waals surface area contributed by atoms with Gasteiger partial charge in [0.1, 0.15) is 48.7 Å². The number of benzene rings is 5. The van der Waals surface area contributed by atoms with Gasteiger partial charge in [-0.2, -0.15) is 0 Å². The smallest absolute Gasteiger partial charge is 0.338 e. The Hall–Kier alpha value is -6.19. The van der Waals surface area contributed by atoms with Crippen LogP contribution in [0.1, 0.15) is 65.6 Å². The first-order valence-electron chi connectivity index (χ1n) is 20.4. The average molecular weight is 922 g/mol. The molecule has 0 N–H and O–H groups in total. The fourth-order valence-electron chi connectivity index (χ4n) is 7.23. The van der Waals surface area contributed by atoms with E-state index in [1.54, 1.807) is 166 Å². The van der Waals surface area contributed by atoms with Crippen molar-refractivity contribution in [1.82, 2.24) is 0 Å². The molecule has 0 radical (unpaired) electrons. The third kappa shape index (κ3) is 11.3. The Morgan fingerprint density at radius 3 is 1.13 bits per heavy atom. The van der Waals surface area contributed by atoms with Gasteiger partial charge in [-0.15, -0.1) is 0 Å². The Bertz CT molecular complexity index is 2300. The van der Waals surface area contributed by atoms with Crippen LogP contribution in [0.25, 0.3) is 0 Å². The molecule has 2 saturated heterocycles. The summed E-state index contributed by atoms with van der Waals surface area (Å²) in [6.07, 6.45) is -8.51. The van der Waals surface area contributed by atoms with Crippen LogP contribution in [-0.4, -0.2) is 91.0 Å². The van der Waals surface area contributed by atoms with E-state index in [9.17, 15) is 24.0 Å². The van der Waals surface area contributed by atoms with E-state index in [1.807, 2.05) is 0 Å². The molecule has 2 aliphatic rings. The highest BCUT2D eigenvalue weighted by Crippen LogP contribution is 2.39. The van der Waals surface area contributed by atoms with E-state index in [2.05, 4.69) is 15.9 Å². The van der Waals surface area contributed by atoms with Crippen molar-refractivity contribution in [1.29, 1.82) is 0 Å². The lowest BCUT2D eigenvalue weighted by molar-refractivity contribution is -0.320. The fourth-order valence-corrected chi connectivity index (χ4v) is 7.81. The lowest BCUT2D eigenvalue weighted by atomic mass is 9.90. The van der Waals surface area contributed by atoms with E-state index >= 15 is 0 Å². The van der Waals surface area contributed by atoms with Gasteiger partial charge in [-0.05, 0) is 60.7 Å². The van der Waals surface area contributed by atoms with Crippen LogP contribution in [-0.2, 0) is 37.9 Å². The van der Waals surface area contributed by atoms with Crippen molar-refractivity contribution < 1.29 is 61.9 Å². The van der Waals surface area contributed by atoms with E-state index in [0.29, 0.717) is 5.56 Å². The van der Waals surface area contributed by atoms with Gasteiger partial charge in [0.05, 0.1) is 27.8 Å². The first kappa shape index (κ1) is 44.9. The zero-order valence-electron chi connectivity index (χ0n) is 34.3. The summed E-state index contributed by atoms with van der Waals surface area (Å²) in [4.78, 5) is 67.9. The second kappa shape index (κ2) is 21.3. The Kier molecular flexibility index (Phi) is 15.1. The number of alkyl halides is 1. The third-order valence-corrected chi connectivity index (χ3v) is 11.7. The molecule has 7 rings (SSSR count). The van der Waals surface area contributed by atoms with Crippen LogP contribution in [0.2, 0.25) is 0 Å². The summed E-state index contributed by atoms with van der Waals surface area (Å²) in [5.41, 5.74) is 1.28. The lowest BCUT2D eigenvalue weighted by Crippen LogP contribution is -2.62. The van der Waals surface area contributed by atoms with Crippen molar-refractivity contribution in [3.8, 4) is 0 Å². The van der Waals surface area contributed by atoms with E-state index < -0.39 is 96.2 Å². The van der Waals surface area contributed by atoms with E-state index in [4.69, 9.17) is 37.9 Å². The van der Waals surface area contributed by atoms with Gasteiger partial charge in [0.15, 0.2) is 12.4 Å². The number of ether oxygens (including phenoxy) is 8. The third-order valence-electron chi connectivity index (χ3n) is 10.7. The Balaban J connectivity index is 1.24. The summed E-state index contributed by atoms with van der Waals surface area (Å²) >= 11 is 3.57. The quantitative estimate of drug-likeness (QED) is 0.0602. The molecule has 13 nitrogen and oxygen atoms in total. The van der Waals surface area contributed by atoms with Crippen molar-refractivity contribution in [2.75, 3.05) is 13.2 Å². The summed E-state index contributed by atoms with van der Waals surface area (Å²) in [6.45, 7) is 2.66. The molecule has 10 unspecified atom stereocenters. The van der Waals surface area contributed by atoms with Crippen molar-refractivity contribution >= 4 is 45.8 Å². The number of hydrogen-bond acceptors (Lipinski definition) is 13. The molecule has 0 bridgehead atoms. The minimum Gasteiger partial charge on any atom is -0.459 e. The SMILES string of the molecule is CC1C(Br)OC(COC(=O)c2ccccc2)C(OC2OC(COC(=O)c3ccccc3)C(OC(=O)c3ccccc3)C(OC(=O)c3ccccc3)C2C)C1OC(=O)c1ccccc1. The van der Waals surface area contributed by atoms with Crippen molar-refractivity contribution in [3.63, 3.8) is 0 Å². The van der Waals surface area contributed by atoms with Gasteiger partial charge in [-0.1, -0.05) is 121 Å². The molecule has 63 heavy (non-hydrogen) atoms. The summed E-state index contributed by atoms with van der Waals surface area (Å²) in [7, 11) is 0. The normalized spacial score (nSPS) is 25.4. The number of carbonyl (C=O) groups is 5. The highest BCUT2D eigenvalue weighted by Gasteiger charge is 2.54. The van der Waals surface area contributed by atoms with Crippen molar-refractivity contribution in [2.24, 2.45) is 11.8 Å². The van der Waals surface area contributed by atoms with Crippen molar-refractivity contribution in [3.05, 3.63) is 179 Å². The summed E-state index contributed by atoms with van der Waals surface area (Å²) in [6, 6.07) is 41.6. The van der Waals surface area contributed by atoms with Gasteiger partial charge in [0, 0.05) is 11.8 Å². The Morgan fingerprint density at radius 1 is 0.429 bits per heavy atom. The maximum absolute atomic E-state index is 13.9. The molecule has 0 amide bonds. The second-order valence-corrected chi connectivity index (χ2v) is 15.9. The number of halogens is 1. The number of rotatable bonds is 14. The summed E-state index contributed by atoms with van der Waals surface area (Å²) in [5.74, 6) is -4.90. The molecule has 2 fully saturated rings. The lowest BCUT2D eigenvalue weighted by Gasteiger charge is -2.48. The fraction of sp³-hybridized carbons (Fsp3) is 0.286. The molecule has 5 aromatic rings. The van der Waals surface area contributed by atoms with Crippen LogP contribution < -0.4 is 0 Å². The number of carbonyl (C=O) groups excluding carboxylic acids is 5. The van der Waals surface area contributed by atoms with E-state index in [-0.39, 0.29) is 28.9 Å². The van der Waals surface area contributed by atoms with Gasteiger partial charge in [0.2, 0.25) is 0 Å². The first-order valence-corrected chi connectivity index (χ1v) is 21.3. The average Bonchev–Trinajstić information content (AvgIpc) is 3.33. The molecule has 2 aliphatic heterocycles. The Morgan fingerprint density at radius 2 is 0.746 bits per heavy atom. The van der Waals surface area contributed by atoms with Crippen LogP contribution in [0.4, 0.5) is 0 Å². The number of hydrogen-bond donors (Lipinski definition) is 0. The molecule has 0 spiro atoms. The maximum Gasteiger partial charge on any atom is 0.338 e. The van der Waals surface area contributed by atoms with Crippen LogP contribution in [0, 0.1) is 11.8 Å². The minimum atomic E-state index is -1.34. The maximum atomic E-state index is 13.9. The summed E-state index contributed by atoms with van der Waals surface area (Å²) in [5, 5.41) is -0.692. The second-order valence-electron chi connectivity index (χ2n) is 15.0. The van der Waals surface area contributed by atoms with Crippen LogP contribution in [0.15, 0.2) is 152 Å². The zero-order chi connectivity index (χ0) is 44.3. The standard InChI is InChI=1S/C49H45BrO13/c1-30-39(60-46(53)34-22-12-5-13-23-34)42(37(58-43(30)50)28-56-44(51)32-18-8-3-9-19-32)63-49-31(2)40(61-47(54)35-24-14-6-15-25-35)41(62-48(55)36-26-16-7-17-27-36)38(59-49)29-57-45(52)33-20-10-4-11-21-33/h3-27,30-31,37-43,49H,28-29H2,1-2H3. The predicted octanol–water partition coefficient (Wildman–Crippen LogP) is 7.88. The molecule has 0 saturated carbocycles. The predicted molar refractivity (Wildman–Crippen MR) is 230 cm³/mol. The molecule has 326 valence electrons. The van der Waals surface area contributed by atoms with Crippen LogP contribution >= 0.6 is 15.9 Å². The molecular formula is C49H45BrO13. The topological polar surface area (TPSA) is 159 Å². The van der Waals surface area contributed by atoms with E-state index in [1.165, 1.54) is 0 Å². The van der Waals surface area contributed by atoms with Gasteiger partial charge < -0.3 is 37.9 Å². The highest BCUT2D eigenvalue weighted by atomic mass is 79.9. The zero-order valence-corrected chi connectivity index (χ0v) is 35.9. The molecule has 10 atom stereocenters. The summed E-state index contributed by atoms with van der Waals surface area (Å²) < 4.78 is 49.9. The molecule has 5 aromatic carbocycles. The number of esters is 5. The van der Waals surface area contributed by atoms with Gasteiger partial charge in [-0.25, -0.2) is 24.0 Å². The van der Waals surface area contributed by atoms with Crippen LogP contribution in [0.5, 0.6) is 0 Å². The molecule has 0 aliphatic carbocycles. The van der Waals surface area contributed by atoms with Crippen molar-refractivity contribution in [2.45, 2.75) is 61.8 Å². The molecule has 14 heteroatoms. The monoisotopic (exact) mass is 920 g/mol. The minimum absolute atomic E-state index is 0.213. The van der Waals surface area contributed by atoms with Gasteiger partial charge >= 0.3 is 29.8 Å². The van der Waals surface area contributed by atoms with Crippen LogP contribution in [0.3, 0.4) is 0 Å². The largest absolute Gasteiger partial charge is 0.459 e. The van der Waals surface area contributed by atoms with E-state index in [0.717, 1.165) is 0 Å². The van der Waals surface area contributed by atoms with Gasteiger partial charge in [0.25, 0.3) is 0 Å². The molecular weight excluding hydrogens is 876 g/mol. The van der Waals surface area contributed by atoms with Gasteiger partial charge in [-0.3, -0.25) is 0 Å². The first-order chi connectivity index (χ1) is 30.6. The molecule has 2 heterocycles. The molecule has 0 aromatic heterocycles.